The van der Waals surface area contributed by atoms with Crippen LogP contribution in [-0.2, 0) is 0 Å². The summed E-state index contributed by atoms with van der Waals surface area (Å²) in [5.41, 5.74) is 1.53. The van der Waals surface area contributed by atoms with Crippen LogP contribution in [0.4, 0.5) is 0 Å². The maximum absolute atomic E-state index is 5.73. The van der Waals surface area contributed by atoms with E-state index in [0.29, 0.717) is 5.37 Å². The minimum absolute atomic E-state index is 0.226. The Kier molecular flexibility index (Phi) is 3.69. The second-order valence-electron chi connectivity index (χ2n) is 5.46. The first-order valence-corrected chi connectivity index (χ1v) is 7.17. The van der Waals surface area contributed by atoms with E-state index in [-0.39, 0.29) is 11.6 Å². The lowest BCUT2D eigenvalue weighted by molar-refractivity contribution is 0.242. The quantitative estimate of drug-likeness (QED) is 0.887. The normalized spacial score (nSPS) is 23.0. The summed E-state index contributed by atoms with van der Waals surface area (Å²) in [6.07, 6.45) is 0.228. The number of hydrogen-bond donors (Lipinski definition) is 1. The first-order valence-electron chi connectivity index (χ1n) is 6.12. The number of rotatable bonds is 3. The van der Waals surface area contributed by atoms with E-state index in [1.807, 2.05) is 17.8 Å². The van der Waals surface area contributed by atoms with Gasteiger partial charge in [-0.2, -0.15) is 0 Å². The van der Waals surface area contributed by atoms with Gasteiger partial charge in [-0.15, -0.1) is 11.8 Å². The molecule has 1 heterocycles. The summed E-state index contributed by atoms with van der Waals surface area (Å²) in [6, 6.07) is 8.40. The van der Waals surface area contributed by atoms with Gasteiger partial charge in [0.25, 0.3) is 0 Å². The molecule has 3 heteroatoms. The van der Waals surface area contributed by atoms with E-state index in [0.717, 1.165) is 11.5 Å². The Morgan fingerprint density at radius 2 is 2.18 bits per heavy atom. The Morgan fingerprint density at radius 3 is 2.76 bits per heavy atom. The third kappa shape index (κ3) is 3.39. The Bertz CT molecular complexity index is 390. The lowest BCUT2D eigenvalue weighted by atomic mass is 10.1. The summed E-state index contributed by atoms with van der Waals surface area (Å²) < 4.78 is 5.73. The van der Waals surface area contributed by atoms with E-state index >= 15 is 0 Å². The SMILES string of the molecule is CC(C)Oc1cccc(C2NC(C)(C)CS2)c1. The van der Waals surface area contributed by atoms with Gasteiger partial charge < -0.3 is 4.74 Å². The van der Waals surface area contributed by atoms with Crippen LogP contribution in [0.1, 0.15) is 38.6 Å². The van der Waals surface area contributed by atoms with Crippen molar-refractivity contribution in [3.8, 4) is 5.75 Å². The summed E-state index contributed by atoms with van der Waals surface area (Å²) in [5.74, 6) is 2.11. The van der Waals surface area contributed by atoms with Crippen LogP contribution >= 0.6 is 11.8 Å². The maximum Gasteiger partial charge on any atom is 0.120 e. The standard InChI is InChI=1S/C14H21NOS/c1-10(2)16-12-7-5-6-11(8-12)13-15-14(3,4)9-17-13/h5-8,10,13,15H,9H2,1-4H3. The molecule has 0 amide bonds. The first kappa shape index (κ1) is 12.8. The molecular formula is C14H21NOS. The molecule has 1 aromatic carbocycles. The smallest absolute Gasteiger partial charge is 0.120 e. The second kappa shape index (κ2) is 4.91. The molecule has 1 saturated heterocycles. The van der Waals surface area contributed by atoms with Crippen molar-refractivity contribution in [2.75, 3.05) is 5.75 Å². The van der Waals surface area contributed by atoms with Gasteiger partial charge in [-0.1, -0.05) is 12.1 Å². The van der Waals surface area contributed by atoms with E-state index in [1.165, 1.54) is 5.56 Å². The number of ether oxygens (including phenoxy) is 1. The lowest BCUT2D eigenvalue weighted by Gasteiger charge is -2.19. The predicted octanol–water partition coefficient (Wildman–Crippen LogP) is 3.59. The molecule has 2 rings (SSSR count). The maximum atomic E-state index is 5.73. The minimum atomic E-state index is 0.226. The van der Waals surface area contributed by atoms with Gasteiger partial charge in [0.05, 0.1) is 11.5 Å². The third-order valence-electron chi connectivity index (χ3n) is 2.67. The molecule has 1 aliphatic rings. The van der Waals surface area contributed by atoms with Crippen molar-refractivity contribution in [2.24, 2.45) is 0 Å². The van der Waals surface area contributed by atoms with Gasteiger partial charge in [0.1, 0.15) is 5.75 Å². The number of hydrogen-bond acceptors (Lipinski definition) is 3. The molecule has 1 fully saturated rings. The molecule has 1 N–H and O–H groups in total. The number of nitrogens with one attached hydrogen (secondary N) is 1. The highest BCUT2D eigenvalue weighted by Crippen LogP contribution is 2.38. The average Bonchev–Trinajstić information content (AvgIpc) is 2.58. The zero-order valence-corrected chi connectivity index (χ0v) is 11.8. The van der Waals surface area contributed by atoms with Crippen molar-refractivity contribution in [2.45, 2.75) is 44.7 Å². The zero-order chi connectivity index (χ0) is 12.5. The van der Waals surface area contributed by atoms with E-state index in [4.69, 9.17) is 4.74 Å². The molecular weight excluding hydrogens is 230 g/mol. The van der Waals surface area contributed by atoms with E-state index < -0.39 is 0 Å². The van der Waals surface area contributed by atoms with Crippen LogP contribution in [0.3, 0.4) is 0 Å². The first-order chi connectivity index (χ1) is 7.96. The van der Waals surface area contributed by atoms with Gasteiger partial charge in [0.2, 0.25) is 0 Å². The topological polar surface area (TPSA) is 21.3 Å². The van der Waals surface area contributed by atoms with Gasteiger partial charge in [0, 0.05) is 11.3 Å². The largest absolute Gasteiger partial charge is 0.491 e. The van der Waals surface area contributed by atoms with Crippen molar-refractivity contribution in [3.63, 3.8) is 0 Å². The molecule has 0 spiro atoms. The van der Waals surface area contributed by atoms with Crippen LogP contribution in [0.2, 0.25) is 0 Å². The number of benzene rings is 1. The van der Waals surface area contributed by atoms with Gasteiger partial charge in [0.15, 0.2) is 0 Å². The Morgan fingerprint density at radius 1 is 1.41 bits per heavy atom. The summed E-state index contributed by atoms with van der Waals surface area (Å²) in [7, 11) is 0. The molecule has 1 atom stereocenters. The van der Waals surface area contributed by atoms with Crippen LogP contribution in [0.25, 0.3) is 0 Å². The highest BCUT2D eigenvalue weighted by Gasteiger charge is 2.31. The summed E-state index contributed by atoms with van der Waals surface area (Å²) in [5, 5.41) is 4.02. The van der Waals surface area contributed by atoms with Crippen molar-refractivity contribution in [3.05, 3.63) is 29.8 Å². The highest BCUT2D eigenvalue weighted by atomic mass is 32.2. The van der Waals surface area contributed by atoms with Gasteiger partial charge >= 0.3 is 0 Å². The molecule has 94 valence electrons. The Balaban J connectivity index is 2.11. The Hall–Kier alpha value is -0.670. The molecule has 2 nitrogen and oxygen atoms in total. The fourth-order valence-electron chi connectivity index (χ4n) is 1.93. The summed E-state index contributed by atoms with van der Waals surface area (Å²) in [6.45, 7) is 8.60. The zero-order valence-electron chi connectivity index (χ0n) is 11.0. The molecule has 0 aliphatic carbocycles. The van der Waals surface area contributed by atoms with Crippen molar-refractivity contribution in [1.29, 1.82) is 0 Å². The van der Waals surface area contributed by atoms with Gasteiger partial charge in [-0.25, -0.2) is 0 Å². The van der Waals surface area contributed by atoms with E-state index in [2.05, 4.69) is 51.2 Å². The summed E-state index contributed by atoms with van der Waals surface area (Å²) in [4.78, 5) is 0. The average molecular weight is 251 g/mol. The van der Waals surface area contributed by atoms with E-state index in [1.54, 1.807) is 0 Å². The molecule has 1 aromatic rings. The van der Waals surface area contributed by atoms with Gasteiger partial charge in [-0.3, -0.25) is 5.32 Å². The second-order valence-corrected chi connectivity index (χ2v) is 6.55. The van der Waals surface area contributed by atoms with E-state index in [9.17, 15) is 0 Å². The third-order valence-corrected chi connectivity index (χ3v) is 4.28. The van der Waals surface area contributed by atoms with Crippen LogP contribution in [0.15, 0.2) is 24.3 Å². The van der Waals surface area contributed by atoms with Gasteiger partial charge in [-0.05, 0) is 45.4 Å². The number of thioether (sulfide) groups is 1. The lowest BCUT2D eigenvalue weighted by Crippen LogP contribution is -2.35. The van der Waals surface area contributed by atoms with Crippen molar-refractivity contribution < 1.29 is 4.74 Å². The molecule has 1 unspecified atom stereocenters. The van der Waals surface area contributed by atoms with Crippen LogP contribution in [0.5, 0.6) is 5.75 Å². The molecule has 0 aromatic heterocycles. The fourth-order valence-corrected chi connectivity index (χ4v) is 3.34. The molecule has 0 saturated carbocycles. The molecule has 17 heavy (non-hydrogen) atoms. The van der Waals surface area contributed by atoms with Crippen molar-refractivity contribution >= 4 is 11.8 Å². The predicted molar refractivity (Wildman–Crippen MR) is 74.6 cm³/mol. The molecule has 0 bridgehead atoms. The summed E-state index contributed by atoms with van der Waals surface area (Å²) >= 11 is 1.96. The molecule has 0 radical (unpaired) electrons. The fraction of sp³-hybridized carbons (Fsp3) is 0.571. The van der Waals surface area contributed by atoms with Crippen LogP contribution < -0.4 is 10.1 Å². The Labute approximate surface area is 108 Å². The minimum Gasteiger partial charge on any atom is -0.491 e. The van der Waals surface area contributed by atoms with Crippen LogP contribution in [-0.4, -0.2) is 17.4 Å². The van der Waals surface area contributed by atoms with Crippen LogP contribution in [0, 0.1) is 0 Å². The monoisotopic (exact) mass is 251 g/mol. The molecule has 1 aliphatic heterocycles. The highest BCUT2D eigenvalue weighted by molar-refractivity contribution is 7.99. The van der Waals surface area contributed by atoms with Crippen molar-refractivity contribution in [1.82, 2.24) is 5.32 Å².